The van der Waals surface area contributed by atoms with Crippen molar-refractivity contribution in [2.24, 2.45) is 11.7 Å². The number of rotatable bonds is 13. The van der Waals surface area contributed by atoms with Gasteiger partial charge in [0.15, 0.2) is 11.9 Å². The van der Waals surface area contributed by atoms with Gasteiger partial charge in [0.2, 0.25) is 0 Å². The number of aryl methyl sites for hydroxylation is 1. The molecule has 0 aliphatic carbocycles. The van der Waals surface area contributed by atoms with E-state index < -0.39 is 17.6 Å². The van der Waals surface area contributed by atoms with Crippen LogP contribution in [-0.2, 0) is 55.5 Å². The van der Waals surface area contributed by atoms with Gasteiger partial charge in [-0.15, -0.1) is 0 Å². The summed E-state index contributed by atoms with van der Waals surface area (Å²) in [6, 6.07) is 15.0. The Kier molecular flexibility index (Phi) is 14.5. The highest BCUT2D eigenvalue weighted by molar-refractivity contribution is 6.22. The number of methoxy groups -OCH3 is 1. The van der Waals surface area contributed by atoms with Crippen molar-refractivity contribution in [3.63, 3.8) is 0 Å². The zero-order valence-corrected chi connectivity index (χ0v) is 37.5. The third kappa shape index (κ3) is 9.49. The lowest BCUT2D eigenvalue weighted by atomic mass is 9.87. The number of likely N-dealkylation sites (tertiary alicyclic amines) is 1. The number of anilines is 1. The van der Waals surface area contributed by atoms with Gasteiger partial charge in [0, 0.05) is 36.1 Å². The quantitative estimate of drug-likeness (QED) is 0.0366. The van der Waals surface area contributed by atoms with E-state index in [0.717, 1.165) is 52.4 Å². The number of hydrogen-bond acceptors (Lipinski definition) is 13. The summed E-state index contributed by atoms with van der Waals surface area (Å²) < 4.78 is 13.1. The number of carbonyl (C=O) groups excluding carboxylic acids is 4. The number of hydrogen-bond donors (Lipinski definition) is 5. The lowest BCUT2D eigenvalue weighted by Crippen LogP contribution is -2.41. The number of aldehydes is 2. The van der Waals surface area contributed by atoms with Crippen molar-refractivity contribution < 1.29 is 44.0 Å². The Balaban J connectivity index is 0.000000235. The SMILES string of the molecule is CC(C)c1cc(C(=N)N(C(N)=O)c2ccc(CC=O)cc2)c(O)cc1O.CCc1c2c(nc3ccc(O)cc13)-c1cc(C(C=O)(CC)OC(=O)C3CCN(C)CC3)c(COC)c(=O)n1C2. The lowest BCUT2D eigenvalue weighted by Gasteiger charge is -2.33. The van der Waals surface area contributed by atoms with E-state index in [9.17, 15) is 39.3 Å². The number of aromatic nitrogens is 2. The molecule has 2 aliphatic heterocycles. The highest BCUT2D eigenvalue weighted by atomic mass is 16.6. The number of amidine groups is 1. The van der Waals surface area contributed by atoms with Gasteiger partial charge in [-0.2, -0.15) is 0 Å². The van der Waals surface area contributed by atoms with Gasteiger partial charge in [-0.1, -0.05) is 39.8 Å². The fourth-order valence-electron chi connectivity index (χ4n) is 8.61. The smallest absolute Gasteiger partial charge is 0.325 e. The molecule has 1 atom stereocenters. The lowest BCUT2D eigenvalue weighted by molar-refractivity contribution is -0.170. The maximum atomic E-state index is 13.9. The summed E-state index contributed by atoms with van der Waals surface area (Å²) in [4.78, 5) is 70.5. The number of aromatic hydroxyl groups is 3. The van der Waals surface area contributed by atoms with Gasteiger partial charge in [0.05, 0.1) is 52.8 Å². The van der Waals surface area contributed by atoms with Crippen molar-refractivity contribution in [3.8, 4) is 28.6 Å². The molecule has 0 radical (unpaired) electrons. The van der Waals surface area contributed by atoms with Gasteiger partial charge in [0.25, 0.3) is 5.56 Å². The van der Waals surface area contributed by atoms with Crippen LogP contribution in [0.15, 0.2) is 65.5 Å². The molecule has 7 rings (SSSR count). The van der Waals surface area contributed by atoms with Crippen LogP contribution in [0, 0.1) is 11.3 Å². The standard InChI is InChI=1S/C30H35N3O6.C19H21N3O4/c1-5-20-21-13-19(35)7-8-25(21)31-27-22(20)15-33-26(27)14-24(23(16-38-4)28(33)36)30(6-2,17-34)39-29(37)18-9-11-32(3)12-10-18;1-11(2)14-9-15(17(25)10-16(14)24)18(20)22(19(21)26)13-5-3-12(4-6-13)7-8-23/h7-8,13-14,17-18,35H,5-6,9-12,15-16H2,1-4H3;3-6,8-11,20,24-25H,7H2,1-2H3,(H2,21,26). The molecular weight excluding hydrogens is 833 g/mol. The molecule has 16 nitrogen and oxygen atoms in total. The van der Waals surface area contributed by atoms with Crippen molar-refractivity contribution in [2.45, 2.75) is 84.5 Å². The highest BCUT2D eigenvalue weighted by Crippen LogP contribution is 2.41. The second-order valence-corrected chi connectivity index (χ2v) is 16.7. The van der Waals surface area contributed by atoms with Crippen molar-refractivity contribution in [1.82, 2.24) is 14.5 Å². The normalized spacial score (nSPS) is 14.4. The number of piperidine rings is 1. The third-order valence-electron chi connectivity index (χ3n) is 12.3. The summed E-state index contributed by atoms with van der Waals surface area (Å²) in [6.45, 7) is 9.37. The third-order valence-corrected chi connectivity index (χ3v) is 12.3. The molecule has 0 spiro atoms. The molecule has 1 saturated heterocycles. The van der Waals surface area contributed by atoms with Crippen LogP contribution in [0.3, 0.4) is 0 Å². The maximum absolute atomic E-state index is 13.9. The van der Waals surface area contributed by atoms with Crippen LogP contribution in [-0.4, -0.2) is 87.4 Å². The molecule has 16 heteroatoms. The zero-order valence-electron chi connectivity index (χ0n) is 37.5. The van der Waals surface area contributed by atoms with E-state index >= 15 is 0 Å². The molecule has 0 saturated carbocycles. The average molecular weight is 889 g/mol. The number of esters is 1. The molecule has 0 bridgehead atoms. The number of amides is 2. The topological polar surface area (TPSA) is 239 Å². The highest BCUT2D eigenvalue weighted by Gasteiger charge is 2.42. The van der Waals surface area contributed by atoms with E-state index in [4.69, 9.17) is 25.6 Å². The summed E-state index contributed by atoms with van der Waals surface area (Å²) in [5.41, 5.74) is 9.70. The van der Waals surface area contributed by atoms with Crippen LogP contribution in [0.4, 0.5) is 10.5 Å². The number of benzene rings is 3. The van der Waals surface area contributed by atoms with Crippen LogP contribution >= 0.6 is 0 Å². The summed E-state index contributed by atoms with van der Waals surface area (Å²) in [5, 5.41) is 39.4. The van der Waals surface area contributed by atoms with Crippen molar-refractivity contribution in [2.75, 3.05) is 32.1 Å². The number of nitrogens with one attached hydrogen (secondary N) is 1. The minimum absolute atomic E-state index is 0.0317. The number of fused-ring (bicyclic) bond motifs is 4. The second kappa shape index (κ2) is 19.9. The number of primary amides is 1. The van der Waals surface area contributed by atoms with Crippen LogP contribution in [0.1, 0.15) is 91.8 Å². The van der Waals surface area contributed by atoms with Gasteiger partial charge in [-0.3, -0.25) is 19.8 Å². The molecule has 2 aliphatic rings. The number of nitrogens with zero attached hydrogens (tertiary/aromatic N) is 4. The summed E-state index contributed by atoms with van der Waals surface area (Å²) in [5.74, 6) is -1.35. The Hall–Kier alpha value is -6.91. The molecular formula is C49H56N6O10. The number of carbonyl (C=O) groups is 4. The van der Waals surface area contributed by atoms with Crippen LogP contribution in [0.2, 0.25) is 0 Å². The molecule has 2 amide bonds. The molecule has 6 N–H and O–H groups in total. The van der Waals surface area contributed by atoms with Gasteiger partial charge >= 0.3 is 12.0 Å². The van der Waals surface area contributed by atoms with Crippen LogP contribution in [0.25, 0.3) is 22.3 Å². The van der Waals surface area contributed by atoms with E-state index in [1.807, 2.05) is 27.8 Å². The number of phenols is 3. The van der Waals surface area contributed by atoms with E-state index in [2.05, 4.69) is 4.90 Å². The molecule has 1 fully saturated rings. The zero-order chi connectivity index (χ0) is 47.3. The van der Waals surface area contributed by atoms with Gasteiger partial charge in [-0.25, -0.2) is 14.7 Å². The molecule has 1 unspecified atom stereocenters. The number of pyridine rings is 2. The van der Waals surface area contributed by atoms with Crippen molar-refractivity contribution in [3.05, 3.63) is 110 Å². The van der Waals surface area contributed by atoms with E-state index in [-0.39, 0.29) is 65.5 Å². The number of urea groups is 1. The first kappa shape index (κ1) is 47.6. The molecule has 4 heterocycles. The molecule has 3 aromatic carbocycles. The molecule has 2 aromatic heterocycles. The Morgan fingerprint density at radius 2 is 1.69 bits per heavy atom. The fraction of sp³-hybridized carbons (Fsp3) is 0.367. The first-order chi connectivity index (χ1) is 31.0. The molecule has 65 heavy (non-hydrogen) atoms. The molecule has 5 aromatic rings. The summed E-state index contributed by atoms with van der Waals surface area (Å²) in [6.07, 6.45) is 3.83. The van der Waals surface area contributed by atoms with Gasteiger partial charge < -0.3 is 44.8 Å². The minimum Gasteiger partial charge on any atom is -0.508 e. The number of phenolic OH excluding ortho intramolecular Hbond substituents is 3. The van der Waals surface area contributed by atoms with Crippen LogP contribution in [0.5, 0.6) is 17.2 Å². The first-order valence-electron chi connectivity index (χ1n) is 21.6. The van der Waals surface area contributed by atoms with Crippen molar-refractivity contribution >= 4 is 47.0 Å². The Morgan fingerprint density at radius 3 is 2.28 bits per heavy atom. The van der Waals surface area contributed by atoms with Crippen molar-refractivity contribution in [1.29, 1.82) is 5.41 Å². The Bertz CT molecular complexity index is 2710. The predicted octanol–water partition coefficient (Wildman–Crippen LogP) is 6.40. The van der Waals surface area contributed by atoms with E-state index in [1.54, 1.807) is 60.0 Å². The predicted molar refractivity (Wildman–Crippen MR) is 246 cm³/mol. The maximum Gasteiger partial charge on any atom is 0.325 e. The monoisotopic (exact) mass is 888 g/mol. The number of nitrogens with two attached hydrogens (primary N) is 1. The van der Waals surface area contributed by atoms with Crippen LogP contribution < -0.4 is 16.2 Å². The second-order valence-electron chi connectivity index (χ2n) is 16.7. The minimum atomic E-state index is -1.62. The molecule has 342 valence electrons. The Labute approximate surface area is 376 Å². The Morgan fingerprint density at radius 1 is 1.00 bits per heavy atom. The summed E-state index contributed by atoms with van der Waals surface area (Å²) in [7, 11) is 3.50. The average Bonchev–Trinajstić information content (AvgIpc) is 3.65. The summed E-state index contributed by atoms with van der Waals surface area (Å²) >= 11 is 0. The van der Waals surface area contributed by atoms with E-state index in [0.29, 0.717) is 71.4 Å². The van der Waals surface area contributed by atoms with Gasteiger partial charge in [-0.05, 0) is 111 Å². The fourth-order valence-corrected chi connectivity index (χ4v) is 8.61. The van der Waals surface area contributed by atoms with Gasteiger partial charge in [0.1, 0.15) is 29.4 Å². The first-order valence-corrected chi connectivity index (χ1v) is 21.6. The number of ether oxygens (including phenoxy) is 2. The van der Waals surface area contributed by atoms with E-state index in [1.165, 1.54) is 13.2 Å². The largest absolute Gasteiger partial charge is 0.508 e.